The van der Waals surface area contributed by atoms with Crippen molar-refractivity contribution in [2.75, 3.05) is 0 Å². The highest BCUT2D eigenvalue weighted by atomic mass is 19.1. The summed E-state index contributed by atoms with van der Waals surface area (Å²) in [5.74, 6) is -0.589. The molecule has 3 nitrogen and oxygen atoms in total. The summed E-state index contributed by atoms with van der Waals surface area (Å²) in [5.41, 5.74) is 6.12. The highest BCUT2D eigenvalue weighted by Crippen LogP contribution is 2.23. The molecular formula is C12H13F2N3. The number of aryl methyl sites for hydroxylation is 1. The Morgan fingerprint density at radius 3 is 2.82 bits per heavy atom. The fraction of sp³-hybridized carbons (Fsp3) is 0.250. The van der Waals surface area contributed by atoms with Gasteiger partial charge in [-0.3, -0.25) is 0 Å². The Balaban J connectivity index is 2.30. The third kappa shape index (κ3) is 2.34. The zero-order chi connectivity index (χ0) is 12.4. The van der Waals surface area contributed by atoms with Crippen molar-refractivity contribution in [3.63, 3.8) is 0 Å². The van der Waals surface area contributed by atoms with Crippen LogP contribution < -0.4 is 5.73 Å². The third-order valence-electron chi connectivity index (χ3n) is 2.66. The molecule has 0 saturated carbocycles. The highest BCUT2D eigenvalue weighted by molar-refractivity contribution is 5.29. The van der Waals surface area contributed by atoms with Crippen molar-refractivity contribution in [2.24, 2.45) is 5.73 Å². The molecule has 2 aromatic rings. The number of imidazole rings is 1. The van der Waals surface area contributed by atoms with E-state index in [1.54, 1.807) is 19.3 Å². The van der Waals surface area contributed by atoms with Crippen LogP contribution in [0, 0.1) is 18.6 Å². The number of halogens is 2. The molecule has 90 valence electrons. The lowest BCUT2D eigenvalue weighted by molar-refractivity contribution is 0.517. The van der Waals surface area contributed by atoms with Gasteiger partial charge in [0.05, 0.1) is 0 Å². The number of benzene rings is 1. The van der Waals surface area contributed by atoms with Gasteiger partial charge in [-0.1, -0.05) is 6.07 Å². The van der Waals surface area contributed by atoms with E-state index >= 15 is 0 Å². The topological polar surface area (TPSA) is 54.7 Å². The standard InChI is InChI=1S/C12H13F2N3/c1-7-2-3-8(13)11(12(7)14)9(15)6-10-16-4-5-17-10/h2-5,9H,6,15H2,1H3,(H,16,17). The molecule has 5 heteroatoms. The van der Waals surface area contributed by atoms with E-state index in [1.165, 1.54) is 12.1 Å². The Morgan fingerprint density at radius 2 is 2.18 bits per heavy atom. The minimum Gasteiger partial charge on any atom is -0.349 e. The molecule has 0 fully saturated rings. The van der Waals surface area contributed by atoms with E-state index < -0.39 is 17.7 Å². The number of hydrogen-bond donors (Lipinski definition) is 2. The van der Waals surface area contributed by atoms with Crippen molar-refractivity contribution >= 4 is 0 Å². The summed E-state index contributed by atoms with van der Waals surface area (Å²) in [4.78, 5) is 6.84. The van der Waals surface area contributed by atoms with E-state index in [1.807, 2.05) is 0 Å². The Morgan fingerprint density at radius 1 is 1.41 bits per heavy atom. The molecule has 1 unspecified atom stereocenters. The van der Waals surface area contributed by atoms with Gasteiger partial charge in [0, 0.05) is 30.4 Å². The van der Waals surface area contributed by atoms with Crippen molar-refractivity contribution in [3.8, 4) is 0 Å². The summed E-state index contributed by atoms with van der Waals surface area (Å²) in [6, 6.07) is 1.88. The molecule has 1 heterocycles. The van der Waals surface area contributed by atoms with Gasteiger partial charge in [-0.25, -0.2) is 13.8 Å². The molecule has 17 heavy (non-hydrogen) atoms. The molecule has 1 atom stereocenters. The fourth-order valence-corrected chi connectivity index (χ4v) is 1.74. The predicted molar refractivity (Wildman–Crippen MR) is 60.3 cm³/mol. The normalized spacial score (nSPS) is 12.7. The van der Waals surface area contributed by atoms with Crippen LogP contribution in [-0.4, -0.2) is 9.97 Å². The second-order valence-electron chi connectivity index (χ2n) is 3.94. The first kappa shape index (κ1) is 11.7. The molecule has 1 aromatic carbocycles. The largest absolute Gasteiger partial charge is 0.349 e. The van der Waals surface area contributed by atoms with Crippen LogP contribution >= 0.6 is 0 Å². The quantitative estimate of drug-likeness (QED) is 0.860. The Kier molecular flexibility index (Phi) is 3.19. The molecule has 0 amide bonds. The summed E-state index contributed by atoms with van der Waals surface area (Å²) in [6.45, 7) is 1.58. The van der Waals surface area contributed by atoms with Crippen molar-refractivity contribution in [1.29, 1.82) is 0 Å². The Bertz CT molecular complexity index is 509. The van der Waals surface area contributed by atoms with E-state index in [0.29, 0.717) is 11.4 Å². The van der Waals surface area contributed by atoms with Crippen LogP contribution in [0.3, 0.4) is 0 Å². The van der Waals surface area contributed by atoms with Crippen LogP contribution in [0.15, 0.2) is 24.5 Å². The molecule has 0 radical (unpaired) electrons. The van der Waals surface area contributed by atoms with Gasteiger partial charge >= 0.3 is 0 Å². The van der Waals surface area contributed by atoms with Gasteiger partial charge in [-0.2, -0.15) is 0 Å². The molecule has 1 aromatic heterocycles. The molecule has 0 aliphatic rings. The maximum Gasteiger partial charge on any atom is 0.133 e. The van der Waals surface area contributed by atoms with E-state index in [2.05, 4.69) is 9.97 Å². The van der Waals surface area contributed by atoms with E-state index in [0.717, 1.165) is 0 Å². The monoisotopic (exact) mass is 237 g/mol. The highest BCUT2D eigenvalue weighted by Gasteiger charge is 2.19. The van der Waals surface area contributed by atoms with Crippen LogP contribution in [0.2, 0.25) is 0 Å². The fourth-order valence-electron chi connectivity index (χ4n) is 1.74. The van der Waals surface area contributed by atoms with Crippen molar-refractivity contribution in [1.82, 2.24) is 9.97 Å². The van der Waals surface area contributed by atoms with Gasteiger partial charge in [0.2, 0.25) is 0 Å². The van der Waals surface area contributed by atoms with E-state index in [-0.39, 0.29) is 12.0 Å². The zero-order valence-electron chi connectivity index (χ0n) is 9.37. The minimum atomic E-state index is -0.749. The zero-order valence-corrected chi connectivity index (χ0v) is 9.37. The predicted octanol–water partition coefficient (Wildman–Crippen LogP) is 2.24. The summed E-state index contributed by atoms with van der Waals surface area (Å²) < 4.78 is 27.3. The van der Waals surface area contributed by atoms with Gasteiger partial charge in [-0.15, -0.1) is 0 Å². The van der Waals surface area contributed by atoms with Crippen molar-refractivity contribution < 1.29 is 8.78 Å². The van der Waals surface area contributed by atoms with Gasteiger partial charge in [0.1, 0.15) is 17.5 Å². The van der Waals surface area contributed by atoms with Gasteiger partial charge in [-0.05, 0) is 18.6 Å². The van der Waals surface area contributed by atoms with Crippen LogP contribution in [0.1, 0.15) is 23.0 Å². The molecule has 0 aliphatic heterocycles. The van der Waals surface area contributed by atoms with Gasteiger partial charge in [0.15, 0.2) is 0 Å². The second kappa shape index (κ2) is 4.63. The summed E-state index contributed by atoms with van der Waals surface area (Å²) in [7, 11) is 0. The number of aromatic amines is 1. The number of rotatable bonds is 3. The van der Waals surface area contributed by atoms with Crippen LogP contribution in [0.5, 0.6) is 0 Å². The smallest absolute Gasteiger partial charge is 0.133 e. The summed E-state index contributed by atoms with van der Waals surface area (Å²) in [5, 5.41) is 0. The molecule has 3 N–H and O–H groups in total. The maximum absolute atomic E-state index is 13.8. The van der Waals surface area contributed by atoms with E-state index in [9.17, 15) is 8.78 Å². The number of H-pyrrole nitrogens is 1. The maximum atomic E-state index is 13.8. The number of nitrogens with two attached hydrogens (primary N) is 1. The number of nitrogens with zero attached hydrogens (tertiary/aromatic N) is 1. The van der Waals surface area contributed by atoms with Gasteiger partial charge < -0.3 is 10.7 Å². The molecule has 0 bridgehead atoms. The first-order valence-corrected chi connectivity index (χ1v) is 5.28. The average molecular weight is 237 g/mol. The second-order valence-corrected chi connectivity index (χ2v) is 3.94. The van der Waals surface area contributed by atoms with Crippen molar-refractivity contribution in [2.45, 2.75) is 19.4 Å². The third-order valence-corrected chi connectivity index (χ3v) is 2.66. The number of hydrogen-bond acceptors (Lipinski definition) is 2. The van der Waals surface area contributed by atoms with Gasteiger partial charge in [0.25, 0.3) is 0 Å². The molecule has 0 saturated heterocycles. The van der Waals surface area contributed by atoms with Crippen LogP contribution in [-0.2, 0) is 6.42 Å². The first-order chi connectivity index (χ1) is 8.09. The number of nitrogens with one attached hydrogen (secondary N) is 1. The average Bonchev–Trinajstić information content (AvgIpc) is 2.77. The Labute approximate surface area is 97.7 Å². The summed E-state index contributed by atoms with van der Waals surface area (Å²) in [6.07, 6.45) is 3.49. The SMILES string of the molecule is Cc1ccc(F)c(C(N)Cc2ncc[nH]2)c1F. The lowest BCUT2D eigenvalue weighted by Gasteiger charge is -2.14. The Hall–Kier alpha value is -1.75. The first-order valence-electron chi connectivity index (χ1n) is 5.28. The lowest BCUT2D eigenvalue weighted by Crippen LogP contribution is -2.18. The van der Waals surface area contributed by atoms with Crippen LogP contribution in [0.25, 0.3) is 0 Å². The minimum absolute atomic E-state index is 0.0820. The van der Waals surface area contributed by atoms with Crippen molar-refractivity contribution in [3.05, 3.63) is 53.1 Å². The van der Waals surface area contributed by atoms with E-state index in [4.69, 9.17) is 5.73 Å². The molecule has 0 aliphatic carbocycles. The number of aromatic nitrogens is 2. The molecule has 0 spiro atoms. The molecular weight excluding hydrogens is 224 g/mol. The lowest BCUT2D eigenvalue weighted by atomic mass is 10.0. The molecule has 2 rings (SSSR count). The van der Waals surface area contributed by atoms with Crippen LogP contribution in [0.4, 0.5) is 8.78 Å². The summed E-state index contributed by atoms with van der Waals surface area (Å²) >= 11 is 0.